The number of likely N-dealkylation sites (tertiary alicyclic amines) is 1. The normalized spacial score (nSPS) is 17.4. The van der Waals surface area contributed by atoms with Gasteiger partial charge in [0, 0.05) is 18.7 Å². The molecule has 1 fully saturated rings. The summed E-state index contributed by atoms with van der Waals surface area (Å²) in [6.45, 7) is 2.50. The quantitative estimate of drug-likeness (QED) is 0.198. The van der Waals surface area contributed by atoms with Crippen LogP contribution in [0.1, 0.15) is 42.0 Å². The molecule has 226 valence electrons. The number of ether oxygens (including phenoxy) is 3. The van der Waals surface area contributed by atoms with E-state index in [1.54, 1.807) is 19.1 Å². The fourth-order valence-electron chi connectivity index (χ4n) is 4.44. The monoisotopic (exact) mass is 616 g/mol. The van der Waals surface area contributed by atoms with Gasteiger partial charge in [-0.15, -0.1) is 0 Å². The number of alkyl halides is 6. The molecule has 2 aliphatic rings. The Morgan fingerprint density at radius 3 is 2.38 bits per heavy atom. The molecule has 2 aromatic carbocycles. The summed E-state index contributed by atoms with van der Waals surface area (Å²) in [6.07, 6.45) is -7.21. The SMILES string of the molecule is CCOC(=O)C1CCN(C2=NC(=O)/C(=C/c3ccc(OCc4ccc(C(F)(F)F)cc4C(F)(F)F)c(OC)c3)S2)CC1. The zero-order chi connectivity index (χ0) is 30.7. The number of thioether (sulfide) groups is 1. The highest BCUT2D eigenvalue weighted by molar-refractivity contribution is 8.18. The van der Waals surface area contributed by atoms with Gasteiger partial charge in [0.2, 0.25) is 0 Å². The van der Waals surface area contributed by atoms with Crippen molar-refractivity contribution >= 4 is 34.9 Å². The van der Waals surface area contributed by atoms with E-state index in [1.807, 2.05) is 4.90 Å². The predicted molar refractivity (Wildman–Crippen MR) is 143 cm³/mol. The molecule has 0 saturated carbocycles. The first-order valence-electron chi connectivity index (χ1n) is 12.8. The van der Waals surface area contributed by atoms with E-state index >= 15 is 0 Å². The van der Waals surface area contributed by atoms with E-state index in [4.69, 9.17) is 14.2 Å². The predicted octanol–water partition coefficient (Wildman–Crippen LogP) is 6.56. The number of carbonyl (C=O) groups is 2. The molecule has 0 atom stereocenters. The molecule has 14 heteroatoms. The van der Waals surface area contributed by atoms with Gasteiger partial charge in [-0.3, -0.25) is 9.59 Å². The lowest BCUT2D eigenvalue weighted by Crippen LogP contribution is -2.39. The Kier molecular flexibility index (Phi) is 9.43. The number of nitrogens with zero attached hydrogens (tertiary/aromatic N) is 2. The number of benzene rings is 2. The lowest BCUT2D eigenvalue weighted by Gasteiger charge is -2.31. The second-order valence-electron chi connectivity index (χ2n) is 9.39. The second kappa shape index (κ2) is 12.7. The fraction of sp³-hybridized carbons (Fsp3) is 0.393. The van der Waals surface area contributed by atoms with Gasteiger partial charge in [0.1, 0.15) is 6.61 Å². The summed E-state index contributed by atoms with van der Waals surface area (Å²) in [6, 6.07) is 5.84. The molecule has 1 amide bonds. The Bertz CT molecular complexity index is 1400. The van der Waals surface area contributed by atoms with E-state index in [2.05, 4.69) is 4.99 Å². The van der Waals surface area contributed by atoms with Gasteiger partial charge < -0.3 is 19.1 Å². The summed E-state index contributed by atoms with van der Waals surface area (Å²) in [5, 5.41) is 0.525. The number of hydrogen-bond acceptors (Lipinski definition) is 7. The third-order valence-electron chi connectivity index (χ3n) is 6.61. The number of methoxy groups -OCH3 is 1. The van der Waals surface area contributed by atoms with Crippen molar-refractivity contribution in [2.45, 2.75) is 38.7 Å². The summed E-state index contributed by atoms with van der Waals surface area (Å²) >= 11 is 1.18. The van der Waals surface area contributed by atoms with Crippen LogP contribution < -0.4 is 9.47 Å². The molecule has 0 aliphatic carbocycles. The third kappa shape index (κ3) is 7.39. The fourth-order valence-corrected chi connectivity index (χ4v) is 5.41. The molecular weight excluding hydrogens is 590 g/mol. The number of rotatable bonds is 7. The van der Waals surface area contributed by atoms with Crippen LogP contribution in [0.2, 0.25) is 0 Å². The van der Waals surface area contributed by atoms with Crippen LogP contribution in [0.25, 0.3) is 6.08 Å². The standard InChI is InChI=1S/C28H26F6N2O5S/c1-3-40-25(38)17-8-10-36(11-9-17)26-35-24(37)23(42-26)13-16-4-7-21(22(12-16)39-2)41-15-18-5-6-19(27(29,30)31)14-20(18)28(32,33)34/h4-7,12-14,17H,3,8-11,15H2,1-2H3/b23-13-. The Balaban J connectivity index is 1.43. The van der Waals surface area contributed by atoms with Gasteiger partial charge in [-0.25, -0.2) is 0 Å². The largest absolute Gasteiger partial charge is 0.493 e. The molecule has 2 heterocycles. The van der Waals surface area contributed by atoms with Crippen molar-refractivity contribution in [2.24, 2.45) is 10.9 Å². The molecule has 42 heavy (non-hydrogen) atoms. The number of amidine groups is 1. The Hall–Kier alpha value is -3.68. The topological polar surface area (TPSA) is 77.4 Å². The van der Waals surface area contributed by atoms with E-state index in [-0.39, 0.29) is 29.5 Å². The smallest absolute Gasteiger partial charge is 0.416 e. The van der Waals surface area contributed by atoms with Gasteiger partial charge in [-0.05, 0) is 67.4 Å². The lowest BCUT2D eigenvalue weighted by molar-refractivity contribution is -0.149. The Morgan fingerprint density at radius 1 is 1.05 bits per heavy atom. The van der Waals surface area contributed by atoms with Crippen LogP contribution in [0.4, 0.5) is 26.3 Å². The molecule has 0 radical (unpaired) electrons. The van der Waals surface area contributed by atoms with Crippen LogP contribution in [0.3, 0.4) is 0 Å². The number of amides is 1. The highest BCUT2D eigenvalue weighted by Gasteiger charge is 2.38. The number of aliphatic imine (C=N–C) groups is 1. The van der Waals surface area contributed by atoms with Crippen LogP contribution >= 0.6 is 11.8 Å². The number of carbonyl (C=O) groups excluding carboxylic acids is 2. The minimum absolute atomic E-state index is 0.0551. The average molecular weight is 617 g/mol. The maximum Gasteiger partial charge on any atom is 0.416 e. The summed E-state index contributed by atoms with van der Waals surface area (Å²) in [7, 11) is 1.31. The number of piperidine rings is 1. The average Bonchev–Trinajstić information content (AvgIpc) is 3.31. The number of esters is 1. The summed E-state index contributed by atoms with van der Waals surface area (Å²) in [5.41, 5.74) is -2.82. The zero-order valence-electron chi connectivity index (χ0n) is 22.5. The Morgan fingerprint density at radius 2 is 1.76 bits per heavy atom. The first-order chi connectivity index (χ1) is 19.8. The summed E-state index contributed by atoms with van der Waals surface area (Å²) < 4.78 is 95.2. The van der Waals surface area contributed by atoms with Gasteiger partial charge in [-0.1, -0.05) is 12.1 Å². The highest BCUT2D eigenvalue weighted by atomic mass is 32.2. The van der Waals surface area contributed by atoms with Gasteiger partial charge in [0.25, 0.3) is 5.91 Å². The molecule has 0 spiro atoms. The maximum absolute atomic E-state index is 13.5. The van der Waals surface area contributed by atoms with Crippen LogP contribution in [0.15, 0.2) is 46.3 Å². The van der Waals surface area contributed by atoms with Crippen LogP contribution in [-0.4, -0.2) is 48.8 Å². The van der Waals surface area contributed by atoms with E-state index in [0.29, 0.717) is 54.2 Å². The lowest BCUT2D eigenvalue weighted by atomic mass is 9.97. The molecule has 0 unspecified atom stereocenters. The van der Waals surface area contributed by atoms with Gasteiger partial charge >= 0.3 is 18.3 Å². The van der Waals surface area contributed by atoms with E-state index in [9.17, 15) is 35.9 Å². The van der Waals surface area contributed by atoms with Gasteiger partial charge in [-0.2, -0.15) is 31.3 Å². The van der Waals surface area contributed by atoms with Crippen molar-refractivity contribution in [3.63, 3.8) is 0 Å². The maximum atomic E-state index is 13.5. The first-order valence-corrected chi connectivity index (χ1v) is 13.6. The minimum atomic E-state index is -5.02. The van der Waals surface area contributed by atoms with Crippen LogP contribution in [0, 0.1) is 5.92 Å². The first kappa shape index (κ1) is 31.3. The third-order valence-corrected chi connectivity index (χ3v) is 7.65. The van der Waals surface area contributed by atoms with Crippen molar-refractivity contribution in [1.82, 2.24) is 4.90 Å². The number of hydrogen-bond donors (Lipinski definition) is 0. The molecule has 0 N–H and O–H groups in total. The molecule has 7 nitrogen and oxygen atoms in total. The molecule has 0 bridgehead atoms. The molecule has 2 aromatic rings. The molecule has 4 rings (SSSR count). The van der Waals surface area contributed by atoms with E-state index in [0.717, 1.165) is 6.07 Å². The van der Waals surface area contributed by atoms with Crippen molar-refractivity contribution in [3.8, 4) is 11.5 Å². The van der Waals surface area contributed by atoms with Crippen LogP contribution in [0.5, 0.6) is 11.5 Å². The van der Waals surface area contributed by atoms with Crippen molar-refractivity contribution in [3.05, 3.63) is 63.6 Å². The van der Waals surface area contributed by atoms with Crippen molar-refractivity contribution < 1.29 is 50.1 Å². The summed E-state index contributed by atoms with van der Waals surface area (Å²) in [4.78, 5) is 31.0. The zero-order valence-corrected chi connectivity index (χ0v) is 23.3. The second-order valence-corrected chi connectivity index (χ2v) is 10.4. The molecule has 2 aliphatic heterocycles. The number of halogens is 6. The molecule has 1 saturated heterocycles. The highest BCUT2D eigenvalue weighted by Crippen LogP contribution is 2.39. The van der Waals surface area contributed by atoms with E-state index in [1.165, 1.54) is 31.0 Å². The Labute approximate surface area is 241 Å². The molecule has 0 aromatic heterocycles. The molecular formula is C28H26F6N2O5S. The van der Waals surface area contributed by atoms with Crippen molar-refractivity contribution in [2.75, 3.05) is 26.8 Å². The van der Waals surface area contributed by atoms with Crippen LogP contribution in [-0.2, 0) is 33.3 Å². The minimum Gasteiger partial charge on any atom is -0.493 e. The van der Waals surface area contributed by atoms with Gasteiger partial charge in [0.05, 0.1) is 35.7 Å². The van der Waals surface area contributed by atoms with Gasteiger partial charge in [0.15, 0.2) is 16.7 Å². The van der Waals surface area contributed by atoms with Crippen molar-refractivity contribution in [1.29, 1.82) is 0 Å². The van der Waals surface area contributed by atoms with E-state index < -0.39 is 41.6 Å². The summed E-state index contributed by atoms with van der Waals surface area (Å²) in [5.74, 6) is -0.659.